The molecule has 0 aromatic heterocycles. The second kappa shape index (κ2) is 6.86. The van der Waals surface area contributed by atoms with E-state index in [1.807, 2.05) is 55.5 Å². The van der Waals surface area contributed by atoms with Crippen LogP contribution in [0.4, 0.5) is 5.69 Å². The van der Waals surface area contributed by atoms with E-state index in [4.69, 9.17) is 4.74 Å². The number of ether oxygens (including phenoxy) is 1. The first kappa shape index (κ1) is 17.1. The molecule has 0 radical (unpaired) electrons. The highest BCUT2D eigenvalue weighted by Crippen LogP contribution is 2.29. The number of hydrogen-bond acceptors (Lipinski definition) is 2. The highest BCUT2D eigenvalue weighted by Gasteiger charge is 2.21. The number of anilines is 1. The van der Waals surface area contributed by atoms with Crippen molar-refractivity contribution in [3.63, 3.8) is 0 Å². The van der Waals surface area contributed by atoms with Crippen LogP contribution in [0.5, 0.6) is 5.75 Å². The van der Waals surface area contributed by atoms with Crippen molar-refractivity contribution in [3.8, 4) is 5.75 Å². The zero-order valence-electron chi connectivity index (χ0n) is 14.5. The molecule has 0 fully saturated rings. The van der Waals surface area contributed by atoms with Gasteiger partial charge in [0.1, 0.15) is 5.75 Å². The molecular formula is C20H25NO2. The molecule has 0 saturated carbocycles. The molecule has 0 unspecified atom stereocenters. The van der Waals surface area contributed by atoms with Gasteiger partial charge in [0.25, 0.3) is 5.91 Å². The number of nitrogens with one attached hydrogen (secondary N) is 1. The van der Waals surface area contributed by atoms with Crippen molar-refractivity contribution in [1.29, 1.82) is 0 Å². The summed E-state index contributed by atoms with van der Waals surface area (Å²) in [6, 6.07) is 15.6. The van der Waals surface area contributed by atoms with Crippen LogP contribution in [0.1, 0.15) is 38.8 Å². The summed E-state index contributed by atoms with van der Waals surface area (Å²) in [7, 11) is 0. The van der Waals surface area contributed by atoms with Gasteiger partial charge in [0.05, 0.1) is 0 Å². The van der Waals surface area contributed by atoms with E-state index >= 15 is 0 Å². The van der Waals surface area contributed by atoms with Gasteiger partial charge in [-0.1, -0.05) is 56.7 Å². The van der Waals surface area contributed by atoms with Gasteiger partial charge < -0.3 is 10.1 Å². The number of carbonyl (C=O) groups is 1. The minimum atomic E-state index is -0.564. The van der Waals surface area contributed by atoms with Crippen molar-refractivity contribution in [2.24, 2.45) is 0 Å². The second-order valence-corrected chi connectivity index (χ2v) is 6.86. The Labute approximate surface area is 138 Å². The summed E-state index contributed by atoms with van der Waals surface area (Å²) in [6.07, 6.45) is -0.564. The fraction of sp³-hybridized carbons (Fsp3) is 0.350. The van der Waals surface area contributed by atoms with Crippen molar-refractivity contribution in [3.05, 3.63) is 59.7 Å². The summed E-state index contributed by atoms with van der Waals surface area (Å²) >= 11 is 0. The van der Waals surface area contributed by atoms with Gasteiger partial charge in [-0.25, -0.2) is 0 Å². The van der Waals surface area contributed by atoms with Crippen LogP contribution in [0, 0.1) is 6.92 Å². The summed E-state index contributed by atoms with van der Waals surface area (Å²) < 4.78 is 5.72. The Morgan fingerprint density at radius 1 is 1.04 bits per heavy atom. The molecule has 0 aliphatic carbocycles. The maximum Gasteiger partial charge on any atom is 0.265 e. The van der Waals surface area contributed by atoms with E-state index in [9.17, 15) is 4.79 Å². The number of para-hydroxylation sites is 1. The fourth-order valence-electron chi connectivity index (χ4n) is 2.35. The molecule has 3 heteroatoms. The quantitative estimate of drug-likeness (QED) is 0.889. The number of amides is 1. The maximum absolute atomic E-state index is 12.4. The standard InChI is InChI=1S/C20H25NO2/c1-14-10-12-16(13-11-14)23-15(2)19(22)21-18-9-7-6-8-17(18)20(3,4)5/h6-13,15H,1-5H3,(H,21,22)/t15-/m1/s1. The van der Waals surface area contributed by atoms with Crippen LogP contribution in [0.3, 0.4) is 0 Å². The number of aryl methyl sites for hydroxylation is 1. The van der Waals surface area contributed by atoms with Gasteiger partial charge in [-0.3, -0.25) is 4.79 Å². The van der Waals surface area contributed by atoms with Gasteiger partial charge in [-0.15, -0.1) is 0 Å². The first-order chi connectivity index (χ1) is 10.8. The SMILES string of the molecule is Cc1ccc(O[C@H](C)C(=O)Nc2ccccc2C(C)(C)C)cc1. The smallest absolute Gasteiger partial charge is 0.265 e. The summed E-state index contributed by atoms with van der Waals surface area (Å²) in [6.45, 7) is 10.2. The number of rotatable bonds is 4. The van der Waals surface area contributed by atoms with E-state index in [-0.39, 0.29) is 11.3 Å². The van der Waals surface area contributed by atoms with Gasteiger partial charge in [0.15, 0.2) is 6.10 Å². The van der Waals surface area contributed by atoms with Gasteiger partial charge in [-0.05, 0) is 43.0 Å². The molecule has 2 rings (SSSR count). The van der Waals surface area contributed by atoms with E-state index < -0.39 is 6.10 Å². The van der Waals surface area contributed by atoms with Crippen molar-refractivity contribution < 1.29 is 9.53 Å². The minimum Gasteiger partial charge on any atom is -0.481 e. The molecule has 2 aromatic rings. The van der Waals surface area contributed by atoms with Gasteiger partial charge in [-0.2, -0.15) is 0 Å². The summed E-state index contributed by atoms with van der Waals surface area (Å²) in [5.74, 6) is 0.546. The zero-order valence-corrected chi connectivity index (χ0v) is 14.5. The third-order valence-electron chi connectivity index (χ3n) is 3.70. The van der Waals surface area contributed by atoms with E-state index in [1.54, 1.807) is 6.92 Å². The molecule has 0 aliphatic heterocycles. The molecule has 0 saturated heterocycles. The van der Waals surface area contributed by atoms with Crippen molar-refractivity contribution in [1.82, 2.24) is 0 Å². The maximum atomic E-state index is 12.4. The Morgan fingerprint density at radius 3 is 2.26 bits per heavy atom. The van der Waals surface area contributed by atoms with Gasteiger partial charge in [0.2, 0.25) is 0 Å². The number of carbonyl (C=O) groups excluding carboxylic acids is 1. The topological polar surface area (TPSA) is 38.3 Å². The van der Waals surface area contributed by atoms with E-state index in [2.05, 4.69) is 26.1 Å². The highest BCUT2D eigenvalue weighted by atomic mass is 16.5. The Hall–Kier alpha value is -2.29. The Balaban J connectivity index is 2.08. The average Bonchev–Trinajstić information content (AvgIpc) is 2.49. The molecule has 0 aliphatic rings. The van der Waals surface area contributed by atoms with Crippen LogP contribution in [-0.2, 0) is 10.2 Å². The van der Waals surface area contributed by atoms with Crippen LogP contribution < -0.4 is 10.1 Å². The van der Waals surface area contributed by atoms with Gasteiger partial charge in [0, 0.05) is 5.69 Å². The average molecular weight is 311 g/mol. The lowest BCUT2D eigenvalue weighted by atomic mass is 9.86. The normalized spacial score (nSPS) is 12.6. The van der Waals surface area contributed by atoms with Gasteiger partial charge >= 0.3 is 0 Å². The fourth-order valence-corrected chi connectivity index (χ4v) is 2.35. The molecule has 2 aromatic carbocycles. The second-order valence-electron chi connectivity index (χ2n) is 6.86. The van der Waals surface area contributed by atoms with Crippen LogP contribution in [0.25, 0.3) is 0 Å². The molecule has 0 bridgehead atoms. The Morgan fingerprint density at radius 2 is 1.65 bits per heavy atom. The van der Waals surface area contributed by atoms with Crippen LogP contribution >= 0.6 is 0 Å². The zero-order chi connectivity index (χ0) is 17.0. The summed E-state index contributed by atoms with van der Waals surface area (Å²) in [5, 5.41) is 2.98. The summed E-state index contributed by atoms with van der Waals surface area (Å²) in [5.41, 5.74) is 3.07. The lowest BCUT2D eigenvalue weighted by Crippen LogP contribution is -2.31. The third-order valence-corrected chi connectivity index (χ3v) is 3.70. The predicted molar refractivity (Wildman–Crippen MR) is 95.0 cm³/mol. The molecule has 23 heavy (non-hydrogen) atoms. The predicted octanol–water partition coefficient (Wildman–Crippen LogP) is 4.70. The van der Waals surface area contributed by atoms with Crippen molar-refractivity contribution >= 4 is 11.6 Å². The Bertz CT molecular complexity index is 669. The lowest BCUT2D eigenvalue weighted by molar-refractivity contribution is -0.122. The molecule has 1 amide bonds. The van der Waals surface area contributed by atoms with E-state index in [0.717, 1.165) is 16.8 Å². The summed E-state index contributed by atoms with van der Waals surface area (Å²) in [4.78, 5) is 12.4. The van der Waals surface area contributed by atoms with Crippen LogP contribution in [0.2, 0.25) is 0 Å². The largest absolute Gasteiger partial charge is 0.481 e. The third kappa shape index (κ3) is 4.59. The molecule has 122 valence electrons. The molecule has 3 nitrogen and oxygen atoms in total. The molecule has 0 heterocycles. The van der Waals surface area contributed by atoms with Crippen LogP contribution in [0.15, 0.2) is 48.5 Å². The number of benzene rings is 2. The number of hydrogen-bond donors (Lipinski definition) is 1. The van der Waals surface area contributed by atoms with Crippen molar-refractivity contribution in [2.75, 3.05) is 5.32 Å². The first-order valence-corrected chi connectivity index (χ1v) is 7.91. The first-order valence-electron chi connectivity index (χ1n) is 7.91. The van der Waals surface area contributed by atoms with Crippen LogP contribution in [-0.4, -0.2) is 12.0 Å². The van der Waals surface area contributed by atoms with E-state index in [1.165, 1.54) is 0 Å². The Kier molecular flexibility index (Phi) is 5.09. The monoisotopic (exact) mass is 311 g/mol. The van der Waals surface area contributed by atoms with Crippen molar-refractivity contribution in [2.45, 2.75) is 46.1 Å². The molecule has 1 atom stereocenters. The lowest BCUT2D eigenvalue weighted by Gasteiger charge is -2.24. The van der Waals surface area contributed by atoms with E-state index in [0.29, 0.717) is 5.75 Å². The minimum absolute atomic E-state index is 0.0368. The molecule has 1 N–H and O–H groups in total. The molecular weight excluding hydrogens is 286 g/mol. The highest BCUT2D eigenvalue weighted by molar-refractivity contribution is 5.95. The molecule has 0 spiro atoms.